The van der Waals surface area contributed by atoms with Gasteiger partial charge in [-0.1, -0.05) is 36.8 Å². The van der Waals surface area contributed by atoms with Crippen LogP contribution in [0.1, 0.15) is 30.3 Å². The second kappa shape index (κ2) is 5.45. The summed E-state index contributed by atoms with van der Waals surface area (Å²) in [6.07, 6.45) is 3.92. The van der Waals surface area contributed by atoms with Crippen molar-refractivity contribution in [3.8, 4) is 0 Å². The van der Waals surface area contributed by atoms with Crippen molar-refractivity contribution >= 4 is 11.2 Å². The minimum Gasteiger partial charge on any atom is -0.308 e. The van der Waals surface area contributed by atoms with Gasteiger partial charge in [0.15, 0.2) is 5.65 Å². The Morgan fingerprint density at radius 2 is 2.05 bits per heavy atom. The molecule has 2 heterocycles. The molecule has 2 aromatic heterocycles. The Morgan fingerprint density at radius 1 is 1.15 bits per heavy atom. The van der Waals surface area contributed by atoms with Crippen LogP contribution >= 0.6 is 0 Å². The minimum atomic E-state index is 0.838. The quantitative estimate of drug-likeness (QED) is 0.719. The van der Waals surface area contributed by atoms with Crippen LogP contribution in [0.4, 0.5) is 0 Å². The van der Waals surface area contributed by atoms with Gasteiger partial charge in [-0.15, -0.1) is 0 Å². The highest BCUT2D eigenvalue weighted by Gasteiger charge is 2.11. The van der Waals surface area contributed by atoms with Crippen LogP contribution < -0.4 is 0 Å². The van der Waals surface area contributed by atoms with Gasteiger partial charge in [0.25, 0.3) is 0 Å². The van der Waals surface area contributed by atoms with Crippen LogP contribution in [0, 0.1) is 6.92 Å². The third-order valence-electron chi connectivity index (χ3n) is 3.48. The van der Waals surface area contributed by atoms with E-state index in [9.17, 15) is 0 Å². The number of imidazole rings is 1. The summed E-state index contributed by atoms with van der Waals surface area (Å²) >= 11 is 0. The molecule has 3 aromatic rings. The molecule has 0 fully saturated rings. The van der Waals surface area contributed by atoms with Gasteiger partial charge in [0.2, 0.25) is 0 Å². The zero-order valence-electron chi connectivity index (χ0n) is 12.0. The van der Waals surface area contributed by atoms with Crippen molar-refractivity contribution in [2.75, 3.05) is 0 Å². The lowest BCUT2D eigenvalue weighted by Gasteiger charge is -2.09. The smallest absolute Gasteiger partial charge is 0.160 e. The highest BCUT2D eigenvalue weighted by molar-refractivity contribution is 5.71. The summed E-state index contributed by atoms with van der Waals surface area (Å²) in [6.45, 7) is 5.15. The Morgan fingerprint density at radius 3 is 2.85 bits per heavy atom. The third-order valence-corrected chi connectivity index (χ3v) is 3.48. The number of hydrogen-bond acceptors (Lipinski definition) is 2. The lowest BCUT2D eigenvalue weighted by Crippen LogP contribution is -2.06. The van der Waals surface area contributed by atoms with Gasteiger partial charge in [-0.3, -0.25) is 0 Å². The predicted octanol–water partition coefficient (Wildman–Crippen LogP) is 3.74. The summed E-state index contributed by atoms with van der Waals surface area (Å²) in [5.74, 6) is 1.13. The summed E-state index contributed by atoms with van der Waals surface area (Å²) < 4.78 is 2.24. The Kier molecular flexibility index (Phi) is 3.50. The van der Waals surface area contributed by atoms with Crippen molar-refractivity contribution in [2.24, 2.45) is 0 Å². The Bertz CT molecular complexity index is 728. The molecule has 0 saturated carbocycles. The van der Waals surface area contributed by atoms with Crippen LogP contribution in [0.25, 0.3) is 11.2 Å². The first kappa shape index (κ1) is 12.9. The first-order valence-corrected chi connectivity index (χ1v) is 7.13. The van der Waals surface area contributed by atoms with E-state index in [1.54, 1.807) is 0 Å². The molecule has 3 heteroatoms. The van der Waals surface area contributed by atoms with Crippen molar-refractivity contribution in [1.29, 1.82) is 0 Å². The number of aryl methyl sites for hydroxylation is 2. The van der Waals surface area contributed by atoms with Crippen molar-refractivity contribution in [1.82, 2.24) is 14.5 Å². The zero-order chi connectivity index (χ0) is 13.9. The second-order valence-electron chi connectivity index (χ2n) is 5.20. The molecule has 0 radical (unpaired) electrons. The molecule has 102 valence electrons. The van der Waals surface area contributed by atoms with Gasteiger partial charge < -0.3 is 4.57 Å². The molecule has 0 spiro atoms. The van der Waals surface area contributed by atoms with Crippen LogP contribution in [0.5, 0.6) is 0 Å². The van der Waals surface area contributed by atoms with E-state index in [0.29, 0.717) is 0 Å². The molecular weight excluding hydrogens is 246 g/mol. The highest BCUT2D eigenvalue weighted by atomic mass is 15.1. The topological polar surface area (TPSA) is 30.7 Å². The van der Waals surface area contributed by atoms with Gasteiger partial charge in [0.1, 0.15) is 11.3 Å². The largest absolute Gasteiger partial charge is 0.308 e. The lowest BCUT2D eigenvalue weighted by atomic mass is 10.1. The van der Waals surface area contributed by atoms with Gasteiger partial charge in [-0.25, -0.2) is 9.97 Å². The van der Waals surface area contributed by atoms with Crippen molar-refractivity contribution in [3.63, 3.8) is 0 Å². The molecule has 20 heavy (non-hydrogen) atoms. The summed E-state index contributed by atoms with van der Waals surface area (Å²) in [5, 5.41) is 0. The average Bonchev–Trinajstić information content (AvgIpc) is 2.78. The minimum absolute atomic E-state index is 0.838. The summed E-state index contributed by atoms with van der Waals surface area (Å²) in [5.41, 5.74) is 4.56. The van der Waals surface area contributed by atoms with Gasteiger partial charge in [-0.2, -0.15) is 0 Å². The van der Waals surface area contributed by atoms with E-state index in [1.807, 2.05) is 18.3 Å². The fourth-order valence-corrected chi connectivity index (χ4v) is 2.58. The van der Waals surface area contributed by atoms with Gasteiger partial charge in [0.05, 0.1) is 6.54 Å². The van der Waals surface area contributed by atoms with E-state index in [0.717, 1.165) is 36.4 Å². The maximum atomic E-state index is 4.72. The van der Waals surface area contributed by atoms with Crippen LogP contribution in [-0.2, 0) is 13.0 Å². The third kappa shape index (κ3) is 2.44. The summed E-state index contributed by atoms with van der Waals surface area (Å²) in [7, 11) is 0. The molecule has 0 aliphatic carbocycles. The molecule has 0 unspecified atom stereocenters. The molecule has 0 amide bonds. The molecule has 1 aromatic carbocycles. The van der Waals surface area contributed by atoms with Crippen LogP contribution in [0.3, 0.4) is 0 Å². The molecule has 0 bridgehead atoms. The van der Waals surface area contributed by atoms with Gasteiger partial charge >= 0.3 is 0 Å². The number of rotatable bonds is 4. The Labute approximate surface area is 119 Å². The number of pyridine rings is 1. The van der Waals surface area contributed by atoms with Crippen molar-refractivity contribution in [3.05, 3.63) is 59.5 Å². The van der Waals surface area contributed by atoms with Gasteiger partial charge in [-0.05, 0) is 31.0 Å². The molecular formula is C17H19N3. The number of benzene rings is 1. The number of nitrogens with zero attached hydrogens (tertiary/aromatic N) is 3. The van der Waals surface area contributed by atoms with E-state index in [-0.39, 0.29) is 0 Å². The highest BCUT2D eigenvalue weighted by Crippen LogP contribution is 2.17. The zero-order valence-corrected chi connectivity index (χ0v) is 12.0. The monoisotopic (exact) mass is 265 g/mol. The summed E-state index contributed by atoms with van der Waals surface area (Å²) in [6, 6.07) is 12.6. The maximum absolute atomic E-state index is 4.72. The van der Waals surface area contributed by atoms with Crippen molar-refractivity contribution < 1.29 is 0 Å². The molecule has 0 aliphatic heterocycles. The lowest BCUT2D eigenvalue weighted by molar-refractivity contribution is 0.716. The average molecular weight is 265 g/mol. The number of hydrogen-bond donors (Lipinski definition) is 0. The Hall–Kier alpha value is -2.16. The maximum Gasteiger partial charge on any atom is 0.160 e. The van der Waals surface area contributed by atoms with E-state index in [2.05, 4.69) is 47.7 Å². The summed E-state index contributed by atoms with van der Waals surface area (Å²) in [4.78, 5) is 9.22. The van der Waals surface area contributed by atoms with Crippen LogP contribution in [0.2, 0.25) is 0 Å². The van der Waals surface area contributed by atoms with E-state index in [1.165, 1.54) is 11.1 Å². The van der Waals surface area contributed by atoms with E-state index < -0.39 is 0 Å². The predicted molar refractivity (Wildman–Crippen MR) is 81.8 cm³/mol. The first-order chi connectivity index (χ1) is 9.78. The normalized spacial score (nSPS) is 11.1. The van der Waals surface area contributed by atoms with E-state index in [4.69, 9.17) is 4.98 Å². The molecule has 0 aliphatic rings. The van der Waals surface area contributed by atoms with Crippen LogP contribution in [-0.4, -0.2) is 14.5 Å². The fourth-order valence-electron chi connectivity index (χ4n) is 2.58. The van der Waals surface area contributed by atoms with Crippen LogP contribution in [0.15, 0.2) is 42.6 Å². The Balaban J connectivity index is 2.06. The molecule has 3 nitrogen and oxygen atoms in total. The second-order valence-corrected chi connectivity index (χ2v) is 5.20. The number of fused-ring (bicyclic) bond motifs is 1. The first-order valence-electron chi connectivity index (χ1n) is 7.13. The molecule has 3 rings (SSSR count). The van der Waals surface area contributed by atoms with Crippen molar-refractivity contribution in [2.45, 2.75) is 33.2 Å². The fraction of sp³-hybridized carbons (Fsp3) is 0.294. The molecule has 0 saturated heterocycles. The standard InChI is InChI=1S/C17H19N3/c1-3-6-16-19-15-9-5-10-18-17(15)20(16)12-14-8-4-7-13(2)11-14/h4-5,7-11H,3,6,12H2,1-2H3. The SMILES string of the molecule is CCCc1nc2cccnc2n1Cc1cccc(C)c1. The van der Waals surface area contributed by atoms with Gasteiger partial charge in [0, 0.05) is 12.6 Å². The molecule has 0 atom stereocenters. The number of aromatic nitrogens is 3. The van der Waals surface area contributed by atoms with E-state index >= 15 is 0 Å². The molecule has 0 N–H and O–H groups in total.